The summed E-state index contributed by atoms with van der Waals surface area (Å²) in [5.41, 5.74) is 1.05. The summed E-state index contributed by atoms with van der Waals surface area (Å²) in [5.74, 6) is 0.869. The van der Waals surface area contributed by atoms with Gasteiger partial charge in [0, 0.05) is 5.69 Å². The summed E-state index contributed by atoms with van der Waals surface area (Å²) in [6, 6.07) is 13.8. The van der Waals surface area contributed by atoms with E-state index >= 15 is 0 Å². The molecule has 2 aromatic rings. The summed E-state index contributed by atoms with van der Waals surface area (Å²) in [5, 5.41) is 3.32. The van der Waals surface area contributed by atoms with Crippen molar-refractivity contribution in [3.8, 4) is 0 Å². The van der Waals surface area contributed by atoms with Gasteiger partial charge in [-0.1, -0.05) is 24.3 Å². The van der Waals surface area contributed by atoms with Crippen molar-refractivity contribution in [2.24, 2.45) is 0 Å². The van der Waals surface area contributed by atoms with E-state index in [-0.39, 0.29) is 6.04 Å². The number of rotatable bonds is 4. The van der Waals surface area contributed by atoms with Crippen molar-refractivity contribution in [3.63, 3.8) is 0 Å². The molecular formula is C13H13NO. The van der Waals surface area contributed by atoms with Crippen LogP contribution in [-0.2, 0) is 0 Å². The molecule has 1 N–H and O–H groups in total. The Bertz CT molecular complexity index is 405. The second kappa shape index (κ2) is 4.51. The lowest BCUT2D eigenvalue weighted by Gasteiger charge is -2.13. The lowest BCUT2D eigenvalue weighted by molar-refractivity contribution is 0.503. The molecule has 0 saturated carbocycles. The molecular weight excluding hydrogens is 186 g/mol. The van der Waals surface area contributed by atoms with Crippen molar-refractivity contribution in [2.45, 2.75) is 6.04 Å². The van der Waals surface area contributed by atoms with Gasteiger partial charge in [-0.05, 0) is 24.3 Å². The second-order valence-electron chi connectivity index (χ2n) is 3.24. The first kappa shape index (κ1) is 9.59. The molecule has 1 aromatic carbocycles. The molecule has 1 heterocycles. The molecule has 0 aliphatic heterocycles. The third kappa shape index (κ3) is 2.29. The first-order chi connectivity index (χ1) is 7.40. The number of hydrogen-bond acceptors (Lipinski definition) is 2. The molecule has 1 unspecified atom stereocenters. The molecule has 0 radical (unpaired) electrons. The monoisotopic (exact) mass is 199 g/mol. The highest BCUT2D eigenvalue weighted by molar-refractivity contribution is 5.45. The van der Waals surface area contributed by atoms with Gasteiger partial charge in [-0.3, -0.25) is 0 Å². The summed E-state index contributed by atoms with van der Waals surface area (Å²) in [6.45, 7) is 3.79. The number of benzene rings is 1. The standard InChI is InChI=1S/C13H13NO/c1-2-12(13-9-6-10-15-13)14-11-7-4-3-5-8-11/h2-10,12,14H,1H2. The van der Waals surface area contributed by atoms with Gasteiger partial charge in [0.15, 0.2) is 0 Å². The van der Waals surface area contributed by atoms with E-state index in [4.69, 9.17) is 4.42 Å². The van der Waals surface area contributed by atoms with Gasteiger partial charge in [-0.25, -0.2) is 0 Å². The molecule has 76 valence electrons. The van der Waals surface area contributed by atoms with E-state index in [9.17, 15) is 0 Å². The third-order valence-electron chi connectivity index (χ3n) is 2.18. The van der Waals surface area contributed by atoms with Gasteiger partial charge in [0.1, 0.15) is 11.8 Å². The van der Waals surface area contributed by atoms with Crippen LogP contribution in [0.25, 0.3) is 0 Å². The minimum Gasteiger partial charge on any atom is -0.467 e. The van der Waals surface area contributed by atoms with Crippen molar-refractivity contribution in [1.82, 2.24) is 0 Å². The van der Waals surface area contributed by atoms with Gasteiger partial charge < -0.3 is 9.73 Å². The molecule has 0 spiro atoms. The molecule has 0 fully saturated rings. The largest absolute Gasteiger partial charge is 0.467 e. The van der Waals surface area contributed by atoms with Gasteiger partial charge in [-0.2, -0.15) is 0 Å². The van der Waals surface area contributed by atoms with E-state index in [0.717, 1.165) is 11.4 Å². The molecule has 2 heteroatoms. The van der Waals surface area contributed by atoms with Crippen molar-refractivity contribution < 1.29 is 4.42 Å². The Morgan fingerprint density at radius 3 is 2.53 bits per heavy atom. The molecule has 2 nitrogen and oxygen atoms in total. The molecule has 1 aromatic heterocycles. The average Bonchev–Trinajstić information content (AvgIpc) is 2.81. The van der Waals surface area contributed by atoms with Crippen LogP contribution >= 0.6 is 0 Å². The minimum absolute atomic E-state index is 0.0161. The van der Waals surface area contributed by atoms with Crippen LogP contribution in [0.3, 0.4) is 0 Å². The van der Waals surface area contributed by atoms with Crippen molar-refractivity contribution >= 4 is 5.69 Å². The fourth-order valence-electron chi connectivity index (χ4n) is 1.43. The van der Waals surface area contributed by atoms with Crippen LogP contribution in [-0.4, -0.2) is 0 Å². The molecule has 0 saturated heterocycles. The van der Waals surface area contributed by atoms with Gasteiger partial charge in [0.05, 0.1) is 6.26 Å². The number of para-hydroxylation sites is 1. The number of anilines is 1. The SMILES string of the molecule is C=CC(Nc1ccccc1)c1ccco1. The van der Waals surface area contributed by atoms with E-state index in [2.05, 4.69) is 11.9 Å². The topological polar surface area (TPSA) is 25.2 Å². The summed E-state index contributed by atoms with van der Waals surface area (Å²) in [4.78, 5) is 0. The maximum atomic E-state index is 5.32. The number of furan rings is 1. The quantitative estimate of drug-likeness (QED) is 0.761. The number of hydrogen-bond donors (Lipinski definition) is 1. The zero-order valence-corrected chi connectivity index (χ0v) is 8.39. The smallest absolute Gasteiger partial charge is 0.129 e. The first-order valence-electron chi connectivity index (χ1n) is 4.87. The summed E-state index contributed by atoms with van der Waals surface area (Å²) in [7, 11) is 0. The lowest BCUT2D eigenvalue weighted by atomic mass is 10.2. The average molecular weight is 199 g/mol. The van der Waals surface area contributed by atoms with E-state index in [1.165, 1.54) is 0 Å². The van der Waals surface area contributed by atoms with Crippen LogP contribution in [0.5, 0.6) is 0 Å². The van der Waals surface area contributed by atoms with E-state index < -0.39 is 0 Å². The Balaban J connectivity index is 2.13. The van der Waals surface area contributed by atoms with Crippen LogP contribution in [0, 0.1) is 0 Å². The number of nitrogens with one attached hydrogen (secondary N) is 1. The summed E-state index contributed by atoms with van der Waals surface area (Å²) in [6.07, 6.45) is 3.49. The zero-order chi connectivity index (χ0) is 10.5. The fourth-order valence-corrected chi connectivity index (χ4v) is 1.43. The Hall–Kier alpha value is -1.96. The van der Waals surface area contributed by atoms with Crippen molar-refractivity contribution in [3.05, 3.63) is 67.1 Å². The lowest BCUT2D eigenvalue weighted by Crippen LogP contribution is -2.06. The van der Waals surface area contributed by atoms with Crippen LogP contribution in [0.15, 0.2) is 65.8 Å². The van der Waals surface area contributed by atoms with E-state index in [1.807, 2.05) is 48.5 Å². The third-order valence-corrected chi connectivity index (χ3v) is 2.18. The van der Waals surface area contributed by atoms with Gasteiger partial charge in [0.25, 0.3) is 0 Å². The maximum Gasteiger partial charge on any atom is 0.129 e. The normalized spacial score (nSPS) is 12.0. The van der Waals surface area contributed by atoms with Gasteiger partial charge in [-0.15, -0.1) is 6.58 Å². The molecule has 1 atom stereocenters. The van der Waals surface area contributed by atoms with Gasteiger partial charge >= 0.3 is 0 Å². The van der Waals surface area contributed by atoms with Gasteiger partial charge in [0.2, 0.25) is 0 Å². The highest BCUT2D eigenvalue weighted by atomic mass is 16.3. The van der Waals surface area contributed by atoms with Crippen molar-refractivity contribution in [1.29, 1.82) is 0 Å². The minimum atomic E-state index is 0.0161. The molecule has 15 heavy (non-hydrogen) atoms. The molecule has 0 aliphatic rings. The highest BCUT2D eigenvalue weighted by Crippen LogP contribution is 2.20. The van der Waals surface area contributed by atoms with E-state index in [1.54, 1.807) is 6.26 Å². The Morgan fingerprint density at radius 1 is 1.13 bits per heavy atom. The van der Waals surface area contributed by atoms with Crippen LogP contribution in [0.1, 0.15) is 11.8 Å². The zero-order valence-electron chi connectivity index (χ0n) is 8.39. The second-order valence-corrected chi connectivity index (χ2v) is 3.24. The highest BCUT2D eigenvalue weighted by Gasteiger charge is 2.08. The predicted molar refractivity (Wildman–Crippen MR) is 61.7 cm³/mol. The molecule has 0 amide bonds. The van der Waals surface area contributed by atoms with Crippen molar-refractivity contribution in [2.75, 3.05) is 5.32 Å². The van der Waals surface area contributed by atoms with E-state index in [0.29, 0.717) is 0 Å². The fraction of sp³-hybridized carbons (Fsp3) is 0.0769. The predicted octanol–water partition coefficient (Wildman–Crippen LogP) is 3.62. The Kier molecular flexibility index (Phi) is 2.88. The van der Waals surface area contributed by atoms with Crippen LogP contribution in [0.4, 0.5) is 5.69 Å². The molecule has 0 bridgehead atoms. The Labute approximate surface area is 89.2 Å². The summed E-state index contributed by atoms with van der Waals surface area (Å²) >= 11 is 0. The van der Waals surface area contributed by atoms with Crippen LogP contribution in [0.2, 0.25) is 0 Å². The molecule has 0 aliphatic carbocycles. The maximum absolute atomic E-state index is 5.32. The van der Waals surface area contributed by atoms with Crippen LogP contribution < -0.4 is 5.32 Å². The summed E-state index contributed by atoms with van der Waals surface area (Å²) < 4.78 is 5.32. The Morgan fingerprint density at radius 2 is 1.93 bits per heavy atom. The molecule has 2 rings (SSSR count). The first-order valence-corrected chi connectivity index (χ1v) is 4.87.